The first-order chi connectivity index (χ1) is 10.9. The number of benzene rings is 2. The zero-order valence-corrected chi connectivity index (χ0v) is 15.4. The third-order valence-corrected chi connectivity index (χ3v) is 5.24. The van der Waals surface area contributed by atoms with Crippen LogP contribution in [0, 0.1) is 6.92 Å². The average molecular weight is 327 g/mol. The fourth-order valence-electron chi connectivity index (χ4n) is 2.60. The van der Waals surface area contributed by atoms with Crippen LogP contribution < -0.4 is 0 Å². The van der Waals surface area contributed by atoms with Crippen LogP contribution in [0.5, 0.6) is 0 Å². The van der Waals surface area contributed by atoms with Crippen LogP contribution in [-0.4, -0.2) is 36.6 Å². The summed E-state index contributed by atoms with van der Waals surface area (Å²) in [5, 5.41) is 0. The lowest BCUT2D eigenvalue weighted by Crippen LogP contribution is -2.50. The number of hydrogen-bond donors (Lipinski definition) is 0. The first kappa shape index (κ1) is 17.8. The van der Waals surface area contributed by atoms with Crippen LogP contribution in [0.15, 0.2) is 53.4 Å². The fraction of sp³-hybridized carbons (Fsp3) is 0.350. The number of carbonyl (C=O) groups is 1. The van der Waals surface area contributed by atoms with E-state index in [0.29, 0.717) is 6.42 Å². The molecule has 0 fully saturated rings. The Labute approximate surface area is 143 Å². The molecule has 0 saturated carbocycles. The van der Waals surface area contributed by atoms with Gasteiger partial charge in [-0.25, -0.2) is 0 Å². The predicted octanol–water partition coefficient (Wildman–Crippen LogP) is 4.46. The number of aryl methyl sites for hydroxylation is 1. The molecule has 0 N–H and O–H groups in total. The summed E-state index contributed by atoms with van der Waals surface area (Å²) in [6.45, 7) is 4.10. The molecule has 1 atom stereocenters. The molecule has 0 radical (unpaired) electrons. The average Bonchev–Trinajstić information content (AvgIpc) is 2.56. The molecule has 1 unspecified atom stereocenters. The Kier molecular flexibility index (Phi) is 5.66. The molecule has 0 aromatic heterocycles. The van der Waals surface area contributed by atoms with Gasteiger partial charge in [0.2, 0.25) is 0 Å². The number of likely N-dealkylation sites (N-methyl/N-ethyl adjacent to an activating group) is 1. The second-order valence-corrected chi connectivity index (χ2v) is 7.27. The normalized spacial score (nSPS) is 13.8. The number of thioether (sulfide) groups is 1. The number of ketones is 1. The number of hydrogen-bond acceptors (Lipinski definition) is 3. The van der Waals surface area contributed by atoms with Gasteiger partial charge in [-0.2, -0.15) is 0 Å². The molecule has 0 aliphatic heterocycles. The monoisotopic (exact) mass is 327 g/mol. The lowest BCUT2D eigenvalue weighted by Gasteiger charge is -2.35. The molecule has 0 bridgehead atoms. The van der Waals surface area contributed by atoms with Crippen molar-refractivity contribution in [3.8, 4) is 0 Å². The van der Waals surface area contributed by atoms with Gasteiger partial charge < -0.3 is 0 Å². The molecule has 3 heteroatoms. The van der Waals surface area contributed by atoms with E-state index in [0.717, 1.165) is 5.56 Å². The summed E-state index contributed by atoms with van der Waals surface area (Å²) < 4.78 is 0. The van der Waals surface area contributed by atoms with Crippen molar-refractivity contribution in [1.29, 1.82) is 0 Å². The van der Waals surface area contributed by atoms with Gasteiger partial charge in [0.1, 0.15) is 0 Å². The number of rotatable bonds is 6. The largest absolute Gasteiger partial charge is 0.297 e. The molecule has 0 spiro atoms. The SMILES string of the molecule is CSc1ccc(C(=O)C(C)(Cc2ccc(C)cc2)N(C)C)cc1. The highest BCUT2D eigenvalue weighted by Crippen LogP contribution is 2.25. The first-order valence-electron chi connectivity index (χ1n) is 7.78. The van der Waals surface area contributed by atoms with E-state index in [1.165, 1.54) is 16.0 Å². The maximum atomic E-state index is 13.1. The van der Waals surface area contributed by atoms with E-state index in [1.807, 2.05) is 56.4 Å². The number of Topliss-reactive ketones (excluding diaryl/α,β-unsaturated/α-hetero) is 1. The molecule has 2 aromatic rings. The Balaban J connectivity index is 2.30. The molecule has 23 heavy (non-hydrogen) atoms. The van der Waals surface area contributed by atoms with Crippen LogP contribution in [-0.2, 0) is 6.42 Å². The van der Waals surface area contributed by atoms with Crippen molar-refractivity contribution < 1.29 is 4.79 Å². The van der Waals surface area contributed by atoms with E-state index in [9.17, 15) is 4.79 Å². The van der Waals surface area contributed by atoms with Gasteiger partial charge in [-0.15, -0.1) is 11.8 Å². The minimum absolute atomic E-state index is 0.163. The van der Waals surface area contributed by atoms with Crippen molar-refractivity contribution in [3.05, 3.63) is 65.2 Å². The van der Waals surface area contributed by atoms with Crippen molar-refractivity contribution >= 4 is 17.5 Å². The Morgan fingerprint density at radius 3 is 2.09 bits per heavy atom. The second kappa shape index (κ2) is 7.33. The molecular formula is C20H25NOS. The van der Waals surface area contributed by atoms with Gasteiger partial charge in [0.15, 0.2) is 5.78 Å². The topological polar surface area (TPSA) is 20.3 Å². The van der Waals surface area contributed by atoms with Crippen LogP contribution in [0.2, 0.25) is 0 Å². The summed E-state index contributed by atoms with van der Waals surface area (Å²) >= 11 is 1.69. The zero-order valence-electron chi connectivity index (χ0n) is 14.6. The van der Waals surface area contributed by atoms with E-state index in [-0.39, 0.29) is 5.78 Å². The smallest absolute Gasteiger partial charge is 0.183 e. The highest BCUT2D eigenvalue weighted by Gasteiger charge is 2.36. The molecule has 0 heterocycles. The molecule has 0 amide bonds. The van der Waals surface area contributed by atoms with Crippen molar-refractivity contribution in [1.82, 2.24) is 4.90 Å². The molecule has 2 nitrogen and oxygen atoms in total. The van der Waals surface area contributed by atoms with Gasteiger partial charge in [0.05, 0.1) is 5.54 Å². The van der Waals surface area contributed by atoms with Crippen LogP contribution >= 0.6 is 11.8 Å². The van der Waals surface area contributed by atoms with E-state index in [2.05, 4.69) is 31.2 Å². The number of carbonyl (C=O) groups excluding carboxylic acids is 1. The standard InChI is InChI=1S/C20H25NOS/c1-15-6-8-16(9-7-15)14-20(2,21(3)4)19(22)17-10-12-18(23-5)13-11-17/h6-13H,14H2,1-5H3. The second-order valence-electron chi connectivity index (χ2n) is 6.39. The van der Waals surface area contributed by atoms with Crippen LogP contribution in [0.4, 0.5) is 0 Å². The highest BCUT2D eigenvalue weighted by atomic mass is 32.2. The molecule has 2 aromatic carbocycles. The molecule has 122 valence electrons. The summed E-state index contributed by atoms with van der Waals surface area (Å²) in [6, 6.07) is 16.3. The van der Waals surface area contributed by atoms with E-state index in [4.69, 9.17) is 0 Å². The van der Waals surface area contributed by atoms with Crippen molar-refractivity contribution in [2.24, 2.45) is 0 Å². The van der Waals surface area contributed by atoms with Gasteiger partial charge in [-0.05, 0) is 58.3 Å². The number of nitrogens with zero attached hydrogens (tertiary/aromatic N) is 1. The van der Waals surface area contributed by atoms with Gasteiger partial charge in [-0.1, -0.05) is 42.0 Å². The van der Waals surface area contributed by atoms with Gasteiger partial charge in [-0.3, -0.25) is 9.69 Å². The Morgan fingerprint density at radius 2 is 1.61 bits per heavy atom. The molecule has 2 rings (SSSR count). The summed E-state index contributed by atoms with van der Waals surface area (Å²) in [4.78, 5) is 16.3. The first-order valence-corrected chi connectivity index (χ1v) is 9.01. The van der Waals surface area contributed by atoms with E-state index in [1.54, 1.807) is 11.8 Å². The Bertz CT molecular complexity index is 661. The minimum Gasteiger partial charge on any atom is -0.297 e. The minimum atomic E-state index is -0.559. The van der Waals surface area contributed by atoms with Crippen LogP contribution in [0.3, 0.4) is 0 Å². The van der Waals surface area contributed by atoms with E-state index < -0.39 is 5.54 Å². The molecule has 0 aliphatic carbocycles. The van der Waals surface area contributed by atoms with Crippen LogP contribution in [0.25, 0.3) is 0 Å². The molecule has 0 aliphatic rings. The Hall–Kier alpha value is -1.58. The van der Waals surface area contributed by atoms with Crippen LogP contribution in [0.1, 0.15) is 28.4 Å². The summed E-state index contributed by atoms with van der Waals surface area (Å²) in [5.74, 6) is 0.163. The fourth-order valence-corrected chi connectivity index (χ4v) is 3.01. The highest BCUT2D eigenvalue weighted by molar-refractivity contribution is 7.98. The Morgan fingerprint density at radius 1 is 1.04 bits per heavy atom. The maximum Gasteiger partial charge on any atom is 0.183 e. The van der Waals surface area contributed by atoms with Crippen molar-refractivity contribution in [3.63, 3.8) is 0 Å². The van der Waals surface area contributed by atoms with E-state index >= 15 is 0 Å². The van der Waals surface area contributed by atoms with Gasteiger partial charge in [0, 0.05) is 10.5 Å². The summed E-state index contributed by atoms with van der Waals surface area (Å²) in [6.07, 6.45) is 2.74. The van der Waals surface area contributed by atoms with Crippen molar-refractivity contribution in [2.75, 3.05) is 20.4 Å². The third-order valence-electron chi connectivity index (χ3n) is 4.50. The van der Waals surface area contributed by atoms with Gasteiger partial charge in [0.25, 0.3) is 0 Å². The molecular weight excluding hydrogens is 302 g/mol. The predicted molar refractivity (Wildman–Crippen MR) is 99.5 cm³/mol. The lowest BCUT2D eigenvalue weighted by molar-refractivity contribution is 0.0719. The summed E-state index contributed by atoms with van der Waals surface area (Å²) in [5.41, 5.74) is 2.63. The lowest BCUT2D eigenvalue weighted by atomic mass is 9.84. The zero-order chi connectivity index (χ0) is 17.0. The quantitative estimate of drug-likeness (QED) is 0.577. The maximum absolute atomic E-state index is 13.1. The molecule has 0 saturated heterocycles. The van der Waals surface area contributed by atoms with Crippen molar-refractivity contribution in [2.45, 2.75) is 30.7 Å². The summed E-state index contributed by atoms with van der Waals surface area (Å²) in [7, 11) is 3.95. The third kappa shape index (κ3) is 4.04. The van der Waals surface area contributed by atoms with Gasteiger partial charge >= 0.3 is 0 Å².